The molecule has 1 N–H and O–H groups in total. The molecule has 4 aromatic carbocycles. The number of amides is 1. The van der Waals surface area contributed by atoms with Crippen molar-refractivity contribution in [2.75, 3.05) is 6.61 Å². The minimum atomic E-state index is -0.517. The molecular formula is C39H35N3O3S. The van der Waals surface area contributed by atoms with Crippen molar-refractivity contribution in [3.63, 3.8) is 0 Å². The summed E-state index contributed by atoms with van der Waals surface area (Å²) in [5.74, 6) is 0.176. The molecule has 0 aliphatic heterocycles. The number of aryl methyl sites for hydroxylation is 1. The van der Waals surface area contributed by atoms with Gasteiger partial charge >= 0.3 is 6.09 Å². The van der Waals surface area contributed by atoms with Gasteiger partial charge in [-0.05, 0) is 58.2 Å². The Labute approximate surface area is 272 Å². The van der Waals surface area contributed by atoms with Crippen LogP contribution in [-0.2, 0) is 17.8 Å². The van der Waals surface area contributed by atoms with Crippen molar-refractivity contribution in [2.24, 2.45) is 5.92 Å². The predicted molar refractivity (Wildman–Crippen MR) is 186 cm³/mol. The molecular weight excluding hydrogens is 591 g/mol. The highest BCUT2D eigenvalue weighted by Crippen LogP contribution is 2.44. The van der Waals surface area contributed by atoms with Gasteiger partial charge < -0.3 is 14.6 Å². The van der Waals surface area contributed by atoms with Crippen LogP contribution in [0.4, 0.5) is 4.79 Å². The number of thiazole rings is 1. The third kappa shape index (κ3) is 5.52. The van der Waals surface area contributed by atoms with Crippen LogP contribution in [0.2, 0.25) is 0 Å². The Morgan fingerprint density at radius 3 is 2.22 bits per heavy atom. The van der Waals surface area contributed by atoms with E-state index in [2.05, 4.69) is 61.6 Å². The first-order chi connectivity index (χ1) is 22.4. The van der Waals surface area contributed by atoms with E-state index in [4.69, 9.17) is 9.72 Å². The van der Waals surface area contributed by atoms with E-state index in [1.807, 2.05) is 71.5 Å². The lowest BCUT2D eigenvalue weighted by atomic mass is 9.95. The van der Waals surface area contributed by atoms with Gasteiger partial charge in [0.2, 0.25) is 0 Å². The van der Waals surface area contributed by atoms with Gasteiger partial charge in [0.25, 0.3) is 5.56 Å². The molecule has 2 aromatic heterocycles. The van der Waals surface area contributed by atoms with Crippen LogP contribution in [0, 0.1) is 12.8 Å². The standard InChI is InChI=1S/C39H35N3O3S/c1-24(2)21-42-35(20-40-39(44)45-22-34-30-15-9-7-13-28(30)29-14-8-10-16-31(29)34)36(26-11-5-4-6-12-26)33-19-27(17-18-32(33)38(42)43)37-41-25(3)23-46-37/h4-19,23-24,34H,20-22H2,1-3H3,(H,40,44). The first-order valence-corrected chi connectivity index (χ1v) is 16.5. The summed E-state index contributed by atoms with van der Waals surface area (Å²) in [4.78, 5) is 32.1. The minimum Gasteiger partial charge on any atom is -0.449 e. The Balaban J connectivity index is 1.25. The van der Waals surface area contributed by atoms with Gasteiger partial charge in [0, 0.05) is 45.7 Å². The van der Waals surface area contributed by atoms with Gasteiger partial charge in [-0.2, -0.15) is 0 Å². The van der Waals surface area contributed by atoms with E-state index < -0.39 is 6.09 Å². The number of nitrogens with one attached hydrogen (secondary N) is 1. The van der Waals surface area contributed by atoms with Crippen LogP contribution in [0.25, 0.3) is 43.6 Å². The number of benzene rings is 4. The van der Waals surface area contributed by atoms with Crippen LogP contribution >= 0.6 is 11.3 Å². The lowest BCUT2D eigenvalue weighted by Gasteiger charge is -2.22. The smallest absolute Gasteiger partial charge is 0.407 e. The fraction of sp³-hybridized carbons (Fsp3) is 0.205. The average Bonchev–Trinajstić information content (AvgIpc) is 3.65. The van der Waals surface area contributed by atoms with Crippen molar-refractivity contribution < 1.29 is 9.53 Å². The Hall–Kier alpha value is -5.01. The molecule has 2 heterocycles. The molecule has 0 unspecified atom stereocenters. The van der Waals surface area contributed by atoms with Gasteiger partial charge in [-0.1, -0.05) is 98.8 Å². The maximum absolute atomic E-state index is 14.1. The van der Waals surface area contributed by atoms with Gasteiger partial charge in [0.05, 0.1) is 6.54 Å². The highest BCUT2D eigenvalue weighted by atomic mass is 32.1. The number of hydrogen-bond donors (Lipinski definition) is 1. The monoisotopic (exact) mass is 625 g/mol. The van der Waals surface area contributed by atoms with Crippen molar-refractivity contribution in [2.45, 2.75) is 39.8 Å². The fourth-order valence-corrected chi connectivity index (χ4v) is 7.38. The maximum atomic E-state index is 14.1. The molecule has 7 rings (SSSR count). The summed E-state index contributed by atoms with van der Waals surface area (Å²) in [5, 5.41) is 7.42. The summed E-state index contributed by atoms with van der Waals surface area (Å²) < 4.78 is 7.71. The van der Waals surface area contributed by atoms with Crippen molar-refractivity contribution >= 4 is 28.2 Å². The highest BCUT2D eigenvalue weighted by molar-refractivity contribution is 7.13. The number of hydrogen-bond acceptors (Lipinski definition) is 5. The number of nitrogens with zero attached hydrogens (tertiary/aromatic N) is 2. The summed E-state index contributed by atoms with van der Waals surface area (Å²) in [7, 11) is 0. The van der Waals surface area contributed by atoms with E-state index in [9.17, 15) is 9.59 Å². The summed E-state index contributed by atoms with van der Waals surface area (Å²) in [6.07, 6.45) is -0.517. The van der Waals surface area contributed by atoms with Gasteiger partial charge in [0.15, 0.2) is 0 Å². The van der Waals surface area contributed by atoms with E-state index >= 15 is 0 Å². The minimum absolute atomic E-state index is 0.0364. The van der Waals surface area contributed by atoms with Gasteiger partial charge in [-0.15, -0.1) is 11.3 Å². The van der Waals surface area contributed by atoms with Crippen molar-refractivity contribution in [1.82, 2.24) is 14.9 Å². The first kappa shape index (κ1) is 29.7. The summed E-state index contributed by atoms with van der Waals surface area (Å²) in [6, 6.07) is 32.6. The van der Waals surface area contributed by atoms with Crippen LogP contribution in [0.1, 0.15) is 42.3 Å². The second-order valence-corrected chi connectivity index (χ2v) is 13.1. The average molecular weight is 626 g/mol. The zero-order valence-corrected chi connectivity index (χ0v) is 26.9. The molecule has 1 aliphatic rings. The Bertz CT molecular complexity index is 2090. The quantitative estimate of drug-likeness (QED) is 0.184. The highest BCUT2D eigenvalue weighted by Gasteiger charge is 2.29. The van der Waals surface area contributed by atoms with Crippen molar-refractivity contribution in [3.8, 4) is 32.8 Å². The van der Waals surface area contributed by atoms with E-state index in [0.717, 1.165) is 49.6 Å². The number of alkyl carbamates (subject to hydrolysis) is 1. The van der Waals surface area contributed by atoms with Gasteiger partial charge in [-0.3, -0.25) is 4.79 Å². The maximum Gasteiger partial charge on any atom is 0.407 e. The van der Waals surface area contributed by atoms with Gasteiger partial charge in [0.1, 0.15) is 11.6 Å². The molecule has 230 valence electrons. The van der Waals surface area contributed by atoms with E-state index in [-0.39, 0.29) is 30.5 Å². The molecule has 1 aliphatic carbocycles. The van der Waals surface area contributed by atoms with Crippen LogP contribution in [0.15, 0.2) is 107 Å². The SMILES string of the molecule is Cc1csc(-c2ccc3c(=O)n(CC(C)C)c(CNC(=O)OCC4c5ccccc5-c5ccccc54)c(-c4ccccc4)c3c2)n1. The number of pyridine rings is 1. The largest absolute Gasteiger partial charge is 0.449 e. The van der Waals surface area contributed by atoms with E-state index in [0.29, 0.717) is 11.9 Å². The summed E-state index contributed by atoms with van der Waals surface area (Å²) in [5.41, 5.74) is 9.17. The van der Waals surface area contributed by atoms with Crippen molar-refractivity contribution in [3.05, 3.63) is 135 Å². The predicted octanol–water partition coefficient (Wildman–Crippen LogP) is 8.80. The van der Waals surface area contributed by atoms with Crippen LogP contribution in [0.3, 0.4) is 0 Å². The molecule has 7 heteroatoms. The van der Waals surface area contributed by atoms with E-state index in [1.165, 1.54) is 11.1 Å². The Morgan fingerprint density at radius 1 is 0.891 bits per heavy atom. The topological polar surface area (TPSA) is 73.2 Å². The molecule has 6 nitrogen and oxygen atoms in total. The number of aromatic nitrogens is 2. The Kier molecular flexibility index (Phi) is 8.01. The molecule has 1 amide bonds. The zero-order valence-electron chi connectivity index (χ0n) is 26.1. The second-order valence-electron chi connectivity index (χ2n) is 12.2. The molecule has 0 spiro atoms. The molecule has 0 bridgehead atoms. The lowest BCUT2D eigenvalue weighted by Crippen LogP contribution is -2.32. The Morgan fingerprint density at radius 2 is 1.57 bits per heavy atom. The number of rotatable bonds is 8. The molecule has 0 radical (unpaired) electrons. The zero-order chi connectivity index (χ0) is 31.8. The molecule has 0 saturated heterocycles. The number of carbonyl (C=O) groups excluding carboxylic acids is 1. The van der Waals surface area contributed by atoms with Gasteiger partial charge in [-0.25, -0.2) is 9.78 Å². The summed E-state index contributed by atoms with van der Waals surface area (Å²) >= 11 is 1.59. The lowest BCUT2D eigenvalue weighted by molar-refractivity contribution is 0.142. The first-order valence-electron chi connectivity index (χ1n) is 15.6. The van der Waals surface area contributed by atoms with E-state index in [1.54, 1.807) is 11.3 Å². The number of ether oxygens (including phenoxy) is 1. The van der Waals surface area contributed by atoms with Crippen LogP contribution in [0.5, 0.6) is 0 Å². The van der Waals surface area contributed by atoms with Crippen LogP contribution in [-0.4, -0.2) is 22.3 Å². The molecule has 6 aromatic rings. The molecule has 0 atom stereocenters. The number of carbonyl (C=O) groups is 1. The van der Waals surface area contributed by atoms with Crippen LogP contribution < -0.4 is 10.9 Å². The fourth-order valence-electron chi connectivity index (χ4n) is 6.59. The molecule has 0 saturated carbocycles. The third-order valence-corrected chi connectivity index (χ3v) is 9.61. The van der Waals surface area contributed by atoms with Crippen molar-refractivity contribution in [1.29, 1.82) is 0 Å². The molecule has 0 fully saturated rings. The second kappa shape index (κ2) is 12.4. The normalized spacial score (nSPS) is 12.3. The number of fused-ring (bicyclic) bond motifs is 4. The third-order valence-electron chi connectivity index (χ3n) is 8.60. The molecule has 46 heavy (non-hydrogen) atoms. The summed E-state index contributed by atoms with van der Waals surface area (Å²) in [6.45, 7) is 7.04.